The molecule has 6 heteroatoms. The Morgan fingerprint density at radius 1 is 1.32 bits per heavy atom. The molecule has 1 amide bonds. The van der Waals surface area contributed by atoms with Gasteiger partial charge in [-0.2, -0.15) is 0 Å². The van der Waals surface area contributed by atoms with Crippen molar-refractivity contribution in [1.82, 2.24) is 5.16 Å². The molecule has 0 aliphatic heterocycles. The molecule has 0 saturated carbocycles. The maximum Gasteiger partial charge on any atom is 0.328 e. The van der Waals surface area contributed by atoms with E-state index in [0.717, 1.165) is 6.08 Å². The number of hydrogen-bond donors (Lipinski definition) is 2. The van der Waals surface area contributed by atoms with Crippen LogP contribution in [0.3, 0.4) is 0 Å². The van der Waals surface area contributed by atoms with Crippen molar-refractivity contribution in [3.8, 4) is 0 Å². The molecule has 0 bridgehead atoms. The molecule has 2 aromatic rings. The number of carboxylic acids is 1. The number of nitrogens with one attached hydrogen (secondary N) is 1. The van der Waals surface area contributed by atoms with Crippen LogP contribution in [0, 0.1) is 0 Å². The zero-order valence-corrected chi connectivity index (χ0v) is 9.74. The van der Waals surface area contributed by atoms with Crippen LogP contribution in [0.1, 0.15) is 16.1 Å². The fourth-order valence-corrected chi connectivity index (χ4v) is 1.41. The molecule has 0 atom stereocenters. The number of aliphatic carboxylic acids is 1. The number of aromatic nitrogens is 1. The highest BCUT2D eigenvalue weighted by Crippen LogP contribution is 2.13. The molecular weight excluding hydrogens is 248 g/mol. The van der Waals surface area contributed by atoms with Crippen molar-refractivity contribution in [2.45, 2.75) is 0 Å². The fraction of sp³-hybridized carbons (Fsp3) is 0. The standard InChI is InChI=1S/C13H10N2O4/c16-12(17)5-4-9-2-1-3-10(8-9)14-13(18)11-6-7-19-15-11/h1-8H,(H,14,18)(H,16,17)/b5-4+. The summed E-state index contributed by atoms with van der Waals surface area (Å²) in [6.07, 6.45) is 3.77. The average molecular weight is 258 g/mol. The molecule has 0 aliphatic carbocycles. The lowest BCUT2D eigenvalue weighted by Gasteiger charge is -2.03. The van der Waals surface area contributed by atoms with Gasteiger partial charge in [-0.05, 0) is 23.8 Å². The molecular formula is C13H10N2O4. The van der Waals surface area contributed by atoms with Crippen LogP contribution in [0.4, 0.5) is 5.69 Å². The van der Waals surface area contributed by atoms with Gasteiger partial charge in [-0.3, -0.25) is 4.79 Å². The van der Waals surface area contributed by atoms with E-state index in [1.54, 1.807) is 24.3 Å². The highest BCUT2D eigenvalue weighted by molar-refractivity contribution is 6.02. The zero-order valence-electron chi connectivity index (χ0n) is 9.74. The first-order valence-corrected chi connectivity index (χ1v) is 5.38. The molecule has 0 spiro atoms. The summed E-state index contributed by atoms with van der Waals surface area (Å²) < 4.78 is 4.57. The van der Waals surface area contributed by atoms with E-state index < -0.39 is 11.9 Å². The van der Waals surface area contributed by atoms with Crippen LogP contribution < -0.4 is 5.32 Å². The van der Waals surface area contributed by atoms with E-state index in [2.05, 4.69) is 15.0 Å². The summed E-state index contributed by atoms with van der Waals surface area (Å²) in [7, 11) is 0. The molecule has 1 aromatic heterocycles. The van der Waals surface area contributed by atoms with Crippen LogP contribution in [-0.2, 0) is 4.79 Å². The third-order valence-corrected chi connectivity index (χ3v) is 2.23. The number of nitrogens with zero attached hydrogens (tertiary/aromatic N) is 1. The van der Waals surface area contributed by atoms with E-state index >= 15 is 0 Å². The number of amides is 1. The van der Waals surface area contributed by atoms with Crippen molar-refractivity contribution in [3.05, 3.63) is 53.9 Å². The summed E-state index contributed by atoms with van der Waals surface area (Å²) in [4.78, 5) is 22.1. The highest BCUT2D eigenvalue weighted by Gasteiger charge is 2.08. The van der Waals surface area contributed by atoms with Crippen molar-refractivity contribution in [2.24, 2.45) is 0 Å². The molecule has 0 saturated heterocycles. The van der Waals surface area contributed by atoms with Crippen LogP contribution >= 0.6 is 0 Å². The normalized spacial score (nSPS) is 10.5. The highest BCUT2D eigenvalue weighted by atomic mass is 16.5. The average Bonchev–Trinajstić information content (AvgIpc) is 2.91. The third kappa shape index (κ3) is 3.53. The SMILES string of the molecule is O=C(O)/C=C/c1cccc(NC(=O)c2ccon2)c1. The Bertz CT molecular complexity index is 617. The summed E-state index contributed by atoms with van der Waals surface area (Å²) in [5, 5.41) is 14.7. The van der Waals surface area contributed by atoms with Crippen molar-refractivity contribution in [2.75, 3.05) is 5.32 Å². The monoisotopic (exact) mass is 258 g/mol. The molecule has 0 aliphatic rings. The van der Waals surface area contributed by atoms with E-state index in [1.165, 1.54) is 18.4 Å². The first-order chi connectivity index (χ1) is 9.15. The van der Waals surface area contributed by atoms with Gasteiger partial charge in [0.25, 0.3) is 5.91 Å². The second kappa shape index (κ2) is 5.63. The van der Waals surface area contributed by atoms with Gasteiger partial charge in [-0.25, -0.2) is 4.79 Å². The molecule has 1 aromatic carbocycles. The summed E-state index contributed by atoms with van der Waals surface area (Å²) in [5.41, 5.74) is 1.38. The quantitative estimate of drug-likeness (QED) is 0.818. The van der Waals surface area contributed by atoms with E-state index in [4.69, 9.17) is 5.11 Å². The summed E-state index contributed by atoms with van der Waals surface area (Å²) in [6.45, 7) is 0. The Morgan fingerprint density at radius 3 is 2.84 bits per heavy atom. The number of hydrogen-bond acceptors (Lipinski definition) is 4. The lowest BCUT2D eigenvalue weighted by atomic mass is 10.2. The second-order valence-electron chi connectivity index (χ2n) is 3.64. The minimum Gasteiger partial charge on any atom is -0.478 e. The van der Waals surface area contributed by atoms with Gasteiger partial charge in [0.05, 0.1) is 0 Å². The Hall–Kier alpha value is -2.89. The second-order valence-corrected chi connectivity index (χ2v) is 3.64. The lowest BCUT2D eigenvalue weighted by Crippen LogP contribution is -2.12. The van der Waals surface area contributed by atoms with Gasteiger partial charge in [-0.15, -0.1) is 0 Å². The minimum absolute atomic E-state index is 0.173. The van der Waals surface area contributed by atoms with Crippen LogP contribution in [0.25, 0.3) is 6.08 Å². The lowest BCUT2D eigenvalue weighted by molar-refractivity contribution is -0.131. The predicted molar refractivity (Wildman–Crippen MR) is 67.6 cm³/mol. The van der Waals surface area contributed by atoms with Crippen molar-refractivity contribution < 1.29 is 19.2 Å². The maximum atomic E-state index is 11.7. The predicted octanol–water partition coefficient (Wildman–Crippen LogP) is 2.02. The smallest absolute Gasteiger partial charge is 0.328 e. The Balaban J connectivity index is 2.11. The number of rotatable bonds is 4. The first-order valence-electron chi connectivity index (χ1n) is 5.38. The van der Waals surface area contributed by atoms with Gasteiger partial charge in [0.2, 0.25) is 0 Å². The molecule has 0 radical (unpaired) electrons. The molecule has 0 unspecified atom stereocenters. The largest absolute Gasteiger partial charge is 0.478 e. The number of anilines is 1. The maximum absolute atomic E-state index is 11.7. The molecule has 96 valence electrons. The number of carbonyl (C=O) groups is 2. The molecule has 2 N–H and O–H groups in total. The summed E-state index contributed by atoms with van der Waals surface area (Å²) in [5.74, 6) is -1.43. The van der Waals surface area contributed by atoms with Gasteiger partial charge in [0.15, 0.2) is 5.69 Å². The number of carbonyl (C=O) groups excluding carboxylic acids is 1. The van der Waals surface area contributed by atoms with Gasteiger partial charge >= 0.3 is 5.97 Å². The van der Waals surface area contributed by atoms with Crippen molar-refractivity contribution >= 4 is 23.6 Å². The zero-order chi connectivity index (χ0) is 13.7. The van der Waals surface area contributed by atoms with Crippen LogP contribution in [0.2, 0.25) is 0 Å². The minimum atomic E-state index is -1.03. The van der Waals surface area contributed by atoms with Crippen LogP contribution in [-0.4, -0.2) is 22.1 Å². The van der Waals surface area contributed by atoms with E-state index in [9.17, 15) is 9.59 Å². The Labute approximate surface area is 108 Å². The molecule has 6 nitrogen and oxygen atoms in total. The van der Waals surface area contributed by atoms with Crippen LogP contribution in [0.5, 0.6) is 0 Å². The van der Waals surface area contributed by atoms with Crippen molar-refractivity contribution in [3.63, 3.8) is 0 Å². The van der Waals surface area contributed by atoms with Gasteiger partial charge in [0.1, 0.15) is 6.26 Å². The summed E-state index contributed by atoms with van der Waals surface area (Å²) in [6, 6.07) is 8.22. The van der Waals surface area contributed by atoms with Gasteiger partial charge < -0.3 is 14.9 Å². The van der Waals surface area contributed by atoms with E-state index in [-0.39, 0.29) is 5.69 Å². The van der Waals surface area contributed by atoms with Gasteiger partial charge in [-0.1, -0.05) is 17.3 Å². The summed E-state index contributed by atoms with van der Waals surface area (Å²) >= 11 is 0. The number of carboxylic acid groups (broad SMARTS) is 1. The first kappa shape index (κ1) is 12.6. The molecule has 1 heterocycles. The molecule has 2 rings (SSSR count). The Morgan fingerprint density at radius 2 is 2.16 bits per heavy atom. The van der Waals surface area contributed by atoms with E-state index in [0.29, 0.717) is 11.3 Å². The third-order valence-electron chi connectivity index (χ3n) is 2.23. The Kier molecular flexibility index (Phi) is 3.72. The van der Waals surface area contributed by atoms with Crippen molar-refractivity contribution in [1.29, 1.82) is 0 Å². The number of benzene rings is 1. The molecule has 0 fully saturated rings. The van der Waals surface area contributed by atoms with Crippen LogP contribution in [0.15, 0.2) is 47.2 Å². The fourth-order valence-electron chi connectivity index (χ4n) is 1.41. The molecule has 19 heavy (non-hydrogen) atoms. The van der Waals surface area contributed by atoms with Gasteiger partial charge in [0, 0.05) is 17.8 Å². The van der Waals surface area contributed by atoms with E-state index in [1.807, 2.05) is 0 Å². The topological polar surface area (TPSA) is 92.4 Å².